The monoisotopic (exact) mass is 310 g/mol. The van der Waals surface area contributed by atoms with Crippen LogP contribution < -0.4 is 11.1 Å². The first-order chi connectivity index (χ1) is 10.8. The summed E-state index contributed by atoms with van der Waals surface area (Å²) in [5.41, 5.74) is 6.20. The molecule has 0 spiro atoms. The number of hydrogen-bond donors (Lipinski definition) is 2. The average molecular weight is 310 g/mol. The number of nitrogens with one attached hydrogen (secondary N) is 1. The summed E-state index contributed by atoms with van der Waals surface area (Å²) in [6.45, 7) is 3.99. The summed E-state index contributed by atoms with van der Waals surface area (Å²) in [7, 11) is 0. The molecule has 3 fully saturated rings. The molecule has 4 unspecified atom stereocenters. The Morgan fingerprint density at radius 2 is 1.95 bits per heavy atom. The van der Waals surface area contributed by atoms with E-state index in [0.29, 0.717) is 24.3 Å². The third-order valence-corrected chi connectivity index (χ3v) is 5.74. The Morgan fingerprint density at radius 1 is 1.18 bits per heavy atom. The molecule has 1 saturated heterocycles. The minimum absolute atomic E-state index is 0.0573. The average Bonchev–Trinajstić information content (AvgIpc) is 3.12. The summed E-state index contributed by atoms with van der Waals surface area (Å²) in [4.78, 5) is 12.3. The van der Waals surface area contributed by atoms with E-state index in [1.165, 1.54) is 12.8 Å². The first-order valence-corrected chi connectivity index (χ1v) is 8.94. The van der Waals surface area contributed by atoms with Crippen LogP contribution in [-0.2, 0) is 14.3 Å². The van der Waals surface area contributed by atoms with E-state index < -0.39 is 0 Å². The van der Waals surface area contributed by atoms with Gasteiger partial charge in [-0.2, -0.15) is 0 Å². The van der Waals surface area contributed by atoms with Gasteiger partial charge < -0.3 is 20.5 Å². The second-order valence-electron chi connectivity index (χ2n) is 7.21. The van der Waals surface area contributed by atoms with Gasteiger partial charge in [0.1, 0.15) is 0 Å². The van der Waals surface area contributed by atoms with Gasteiger partial charge in [-0.3, -0.25) is 4.79 Å². The lowest BCUT2D eigenvalue weighted by Crippen LogP contribution is -2.45. The molecule has 1 heterocycles. The first-order valence-electron chi connectivity index (χ1n) is 8.94. The Hall–Kier alpha value is -0.650. The fourth-order valence-corrected chi connectivity index (χ4v) is 4.39. The second kappa shape index (κ2) is 7.75. The summed E-state index contributed by atoms with van der Waals surface area (Å²) in [5, 5.41) is 3.06. The van der Waals surface area contributed by atoms with Crippen LogP contribution in [0.5, 0.6) is 0 Å². The van der Waals surface area contributed by atoms with Crippen LogP contribution in [0.4, 0.5) is 0 Å². The van der Waals surface area contributed by atoms with Crippen LogP contribution in [0.1, 0.15) is 38.5 Å². The quantitative estimate of drug-likeness (QED) is 0.695. The highest BCUT2D eigenvalue weighted by atomic mass is 16.5. The van der Waals surface area contributed by atoms with Crippen molar-refractivity contribution in [3.63, 3.8) is 0 Å². The number of amides is 1. The van der Waals surface area contributed by atoms with Crippen molar-refractivity contribution in [1.82, 2.24) is 5.32 Å². The molecule has 2 aliphatic carbocycles. The number of carbonyl (C=O) groups is 1. The van der Waals surface area contributed by atoms with Gasteiger partial charge in [-0.05, 0) is 56.3 Å². The van der Waals surface area contributed by atoms with Gasteiger partial charge in [0.2, 0.25) is 5.91 Å². The fourth-order valence-electron chi connectivity index (χ4n) is 4.39. The maximum Gasteiger partial charge on any atom is 0.224 e. The zero-order valence-corrected chi connectivity index (χ0v) is 13.5. The van der Waals surface area contributed by atoms with Crippen LogP contribution in [-0.4, -0.2) is 44.9 Å². The third-order valence-electron chi connectivity index (χ3n) is 5.74. The molecule has 1 amide bonds. The molecule has 3 N–H and O–H groups in total. The Balaban J connectivity index is 1.25. The molecule has 126 valence electrons. The second-order valence-corrected chi connectivity index (χ2v) is 7.21. The first kappa shape index (κ1) is 16.2. The molecule has 1 aliphatic heterocycles. The van der Waals surface area contributed by atoms with Gasteiger partial charge >= 0.3 is 0 Å². The Bertz CT molecular complexity index is 369. The Morgan fingerprint density at radius 3 is 2.68 bits per heavy atom. The molecule has 4 atom stereocenters. The lowest BCUT2D eigenvalue weighted by atomic mass is 9.84. The molecule has 22 heavy (non-hydrogen) atoms. The van der Waals surface area contributed by atoms with E-state index in [4.69, 9.17) is 15.2 Å². The Kier molecular flexibility index (Phi) is 5.71. The van der Waals surface area contributed by atoms with Crippen LogP contribution >= 0.6 is 0 Å². The normalized spacial score (nSPS) is 35.0. The van der Waals surface area contributed by atoms with Gasteiger partial charge in [0, 0.05) is 39.0 Å². The largest absolute Gasteiger partial charge is 0.381 e. The highest BCUT2D eigenvalue weighted by molar-refractivity contribution is 5.80. The van der Waals surface area contributed by atoms with Gasteiger partial charge in [0.05, 0.1) is 5.92 Å². The smallest absolute Gasteiger partial charge is 0.224 e. The maximum atomic E-state index is 12.3. The van der Waals surface area contributed by atoms with Crippen molar-refractivity contribution in [3.05, 3.63) is 0 Å². The molecule has 0 aromatic heterocycles. The number of rotatable bonds is 7. The summed E-state index contributed by atoms with van der Waals surface area (Å²) in [5.74, 6) is 2.00. The topological polar surface area (TPSA) is 73.6 Å². The molecule has 3 rings (SSSR count). The van der Waals surface area contributed by atoms with Crippen LogP contribution in [0, 0.1) is 23.7 Å². The summed E-state index contributed by atoms with van der Waals surface area (Å²) in [6.07, 6.45) is 6.66. The van der Waals surface area contributed by atoms with E-state index in [1.54, 1.807) is 0 Å². The van der Waals surface area contributed by atoms with Gasteiger partial charge in [-0.25, -0.2) is 0 Å². The summed E-state index contributed by atoms with van der Waals surface area (Å²) >= 11 is 0. The molecule has 0 aromatic carbocycles. The van der Waals surface area contributed by atoms with Crippen LogP contribution in [0.2, 0.25) is 0 Å². The van der Waals surface area contributed by atoms with E-state index in [-0.39, 0.29) is 17.9 Å². The van der Waals surface area contributed by atoms with Crippen molar-refractivity contribution in [1.29, 1.82) is 0 Å². The number of hydrogen-bond acceptors (Lipinski definition) is 4. The highest BCUT2D eigenvalue weighted by Gasteiger charge is 2.48. The van der Waals surface area contributed by atoms with Crippen LogP contribution in [0.15, 0.2) is 0 Å². The third kappa shape index (κ3) is 3.81. The van der Waals surface area contributed by atoms with Gasteiger partial charge in [0.25, 0.3) is 0 Å². The summed E-state index contributed by atoms with van der Waals surface area (Å²) < 4.78 is 11.1. The predicted octanol–water partition coefficient (Wildman–Crippen LogP) is 1.31. The zero-order valence-electron chi connectivity index (χ0n) is 13.5. The lowest BCUT2D eigenvalue weighted by molar-refractivity contribution is -0.127. The number of nitrogens with two attached hydrogens (primary N) is 1. The van der Waals surface area contributed by atoms with Gasteiger partial charge in [-0.15, -0.1) is 0 Å². The summed E-state index contributed by atoms with van der Waals surface area (Å²) in [6, 6.07) is 0.0866. The number of fused-ring (bicyclic) bond motifs is 2. The zero-order chi connectivity index (χ0) is 15.4. The van der Waals surface area contributed by atoms with Crippen molar-refractivity contribution < 1.29 is 14.3 Å². The van der Waals surface area contributed by atoms with E-state index in [9.17, 15) is 4.79 Å². The van der Waals surface area contributed by atoms with Crippen molar-refractivity contribution >= 4 is 5.91 Å². The molecule has 0 radical (unpaired) electrons. The maximum absolute atomic E-state index is 12.3. The van der Waals surface area contributed by atoms with Crippen molar-refractivity contribution in [2.45, 2.75) is 44.6 Å². The molecular formula is C17H30N2O3. The van der Waals surface area contributed by atoms with Gasteiger partial charge in [-0.1, -0.05) is 0 Å². The molecule has 0 aromatic rings. The number of carbonyl (C=O) groups excluding carboxylic acids is 1. The highest BCUT2D eigenvalue weighted by Crippen LogP contribution is 2.47. The van der Waals surface area contributed by atoms with E-state index in [2.05, 4.69) is 5.32 Å². The van der Waals surface area contributed by atoms with Crippen LogP contribution in [0.25, 0.3) is 0 Å². The Labute approximate surface area is 133 Å². The molecule has 3 aliphatic rings. The fraction of sp³-hybridized carbons (Fsp3) is 0.941. The molecule has 5 heteroatoms. The van der Waals surface area contributed by atoms with E-state index in [1.807, 2.05) is 0 Å². The standard InChI is InChI=1S/C17H30N2O3/c18-16-14-3-2-13(10-14)15(16)17(20)19-6-1-7-22-11-12-4-8-21-9-5-12/h12-16H,1-11,18H2,(H,19,20). The van der Waals surface area contributed by atoms with E-state index >= 15 is 0 Å². The number of ether oxygens (including phenoxy) is 2. The molecule has 5 nitrogen and oxygen atoms in total. The van der Waals surface area contributed by atoms with E-state index in [0.717, 1.165) is 52.1 Å². The SMILES string of the molecule is NC1C2CCC(C2)C1C(=O)NCCCOCC1CCOCC1. The minimum Gasteiger partial charge on any atom is -0.381 e. The van der Waals surface area contributed by atoms with Crippen molar-refractivity contribution in [2.75, 3.05) is 33.0 Å². The van der Waals surface area contributed by atoms with Gasteiger partial charge in [0.15, 0.2) is 0 Å². The van der Waals surface area contributed by atoms with Crippen molar-refractivity contribution in [2.24, 2.45) is 29.4 Å². The molecule has 2 saturated carbocycles. The predicted molar refractivity (Wildman–Crippen MR) is 84.3 cm³/mol. The van der Waals surface area contributed by atoms with Crippen LogP contribution in [0.3, 0.4) is 0 Å². The lowest BCUT2D eigenvalue weighted by Gasteiger charge is -2.27. The molecule has 2 bridgehead atoms. The van der Waals surface area contributed by atoms with Crippen molar-refractivity contribution in [3.8, 4) is 0 Å². The molecular weight excluding hydrogens is 280 g/mol. The minimum atomic E-state index is 0.0573.